The van der Waals surface area contributed by atoms with E-state index < -0.39 is 10.0 Å². The number of benzene rings is 2. The van der Waals surface area contributed by atoms with E-state index in [4.69, 9.17) is 9.59 Å². The van der Waals surface area contributed by atoms with E-state index in [1.807, 2.05) is 36.4 Å². The molecule has 0 bridgehead atoms. The number of nitrogens with one attached hydrogen (secondary N) is 1. The van der Waals surface area contributed by atoms with E-state index in [1.54, 1.807) is 19.2 Å². The van der Waals surface area contributed by atoms with Gasteiger partial charge in [-0.05, 0) is 36.2 Å². The van der Waals surface area contributed by atoms with Gasteiger partial charge in [0.2, 0.25) is 0 Å². The predicted octanol–water partition coefficient (Wildman–Crippen LogP) is 4.28. The molecule has 1 N–H and O–H groups in total. The number of nitrogens with zero attached hydrogens (tertiary/aromatic N) is 1. The van der Waals surface area contributed by atoms with Crippen LogP contribution in [0.25, 0.3) is 0 Å². The topological polar surface area (TPSA) is 83.6 Å². The van der Waals surface area contributed by atoms with Crippen LogP contribution in [0.2, 0.25) is 0 Å². The molecule has 3 rings (SSSR count). The minimum absolute atomic E-state index is 0.118. The van der Waals surface area contributed by atoms with Crippen molar-refractivity contribution in [2.24, 2.45) is 0 Å². The quantitative estimate of drug-likeness (QED) is 0.632. The minimum atomic E-state index is -3.56. The SMILES string of the molecule is CCCCCCCCNC1c2ccccc2N(C)S(=O)(=O)c2ccccc21.O=C=O. The summed E-state index contributed by atoms with van der Waals surface area (Å²) in [5.41, 5.74) is 2.59. The Hall–Kier alpha value is -2.47. The lowest BCUT2D eigenvalue weighted by Crippen LogP contribution is -2.26. The van der Waals surface area contributed by atoms with Crippen LogP contribution in [0.3, 0.4) is 0 Å². The van der Waals surface area contributed by atoms with Gasteiger partial charge in [0.25, 0.3) is 10.0 Å². The summed E-state index contributed by atoms with van der Waals surface area (Å²) in [5.74, 6) is 0. The smallest absolute Gasteiger partial charge is 0.306 e. The van der Waals surface area contributed by atoms with Crippen LogP contribution in [0, 0.1) is 0 Å². The highest BCUT2D eigenvalue weighted by Gasteiger charge is 2.34. The van der Waals surface area contributed by atoms with Gasteiger partial charge in [0.15, 0.2) is 0 Å². The third-order valence-corrected chi connectivity index (χ3v) is 7.18. The van der Waals surface area contributed by atoms with E-state index >= 15 is 0 Å². The van der Waals surface area contributed by atoms with Crippen LogP contribution < -0.4 is 9.62 Å². The molecule has 1 aliphatic rings. The fourth-order valence-corrected chi connectivity index (χ4v) is 5.24. The molecule has 1 unspecified atom stereocenters. The van der Waals surface area contributed by atoms with Crippen LogP contribution in [-0.4, -0.2) is 28.2 Å². The van der Waals surface area contributed by atoms with Crippen LogP contribution in [0.15, 0.2) is 53.4 Å². The Kier molecular flexibility index (Phi) is 9.24. The first-order valence-corrected chi connectivity index (χ1v) is 11.8. The largest absolute Gasteiger partial charge is 0.373 e. The first kappa shape index (κ1) is 23.8. The van der Waals surface area contributed by atoms with E-state index in [0.717, 1.165) is 29.8 Å². The van der Waals surface area contributed by atoms with Gasteiger partial charge in [-0.15, -0.1) is 0 Å². The molecular weight excluding hydrogens is 400 g/mol. The van der Waals surface area contributed by atoms with Crippen molar-refractivity contribution in [2.45, 2.75) is 56.4 Å². The van der Waals surface area contributed by atoms with E-state index in [1.165, 1.54) is 36.4 Å². The van der Waals surface area contributed by atoms with Crippen LogP contribution >= 0.6 is 0 Å². The van der Waals surface area contributed by atoms with Gasteiger partial charge in [-0.25, -0.2) is 8.42 Å². The molecular formula is C23H30N2O4S. The van der Waals surface area contributed by atoms with Crippen LogP contribution in [-0.2, 0) is 19.6 Å². The van der Waals surface area contributed by atoms with Gasteiger partial charge in [-0.1, -0.05) is 75.4 Å². The molecule has 0 radical (unpaired) electrons. The molecule has 2 aromatic rings. The monoisotopic (exact) mass is 430 g/mol. The van der Waals surface area contributed by atoms with Crippen molar-refractivity contribution >= 4 is 21.9 Å². The van der Waals surface area contributed by atoms with Crippen molar-refractivity contribution in [3.05, 3.63) is 59.7 Å². The Labute approximate surface area is 179 Å². The Morgan fingerprint density at radius 3 is 2.17 bits per heavy atom. The summed E-state index contributed by atoms with van der Waals surface area (Å²) in [4.78, 5) is 16.6. The predicted molar refractivity (Wildman–Crippen MR) is 117 cm³/mol. The Morgan fingerprint density at radius 2 is 1.47 bits per heavy atom. The van der Waals surface area contributed by atoms with Gasteiger partial charge in [0, 0.05) is 7.05 Å². The Morgan fingerprint density at radius 1 is 0.900 bits per heavy atom. The summed E-state index contributed by atoms with van der Waals surface area (Å²) < 4.78 is 27.6. The maximum atomic E-state index is 13.1. The average molecular weight is 431 g/mol. The van der Waals surface area contributed by atoms with Crippen molar-refractivity contribution in [3.8, 4) is 0 Å². The molecule has 6 nitrogen and oxygen atoms in total. The zero-order chi connectivity index (χ0) is 22.0. The van der Waals surface area contributed by atoms with E-state index in [-0.39, 0.29) is 12.2 Å². The first-order valence-electron chi connectivity index (χ1n) is 10.4. The van der Waals surface area contributed by atoms with Gasteiger partial charge in [-0.3, -0.25) is 4.31 Å². The number of anilines is 1. The molecule has 0 spiro atoms. The summed E-state index contributed by atoms with van der Waals surface area (Å²) in [6, 6.07) is 15.0. The fourth-order valence-electron chi connectivity index (χ4n) is 3.79. The fraction of sp³-hybridized carbons (Fsp3) is 0.435. The number of hydrogen-bond donors (Lipinski definition) is 1. The van der Waals surface area contributed by atoms with Crippen molar-refractivity contribution in [3.63, 3.8) is 0 Å². The third-order valence-electron chi connectivity index (χ3n) is 5.33. The Balaban J connectivity index is 0.00000101. The summed E-state index contributed by atoms with van der Waals surface area (Å²) >= 11 is 0. The van der Waals surface area contributed by atoms with E-state index in [2.05, 4.69) is 12.2 Å². The van der Waals surface area contributed by atoms with Gasteiger partial charge in [0.1, 0.15) is 0 Å². The van der Waals surface area contributed by atoms with Crippen molar-refractivity contribution in [1.82, 2.24) is 5.32 Å². The second-order valence-electron chi connectivity index (χ2n) is 7.31. The zero-order valence-electron chi connectivity index (χ0n) is 17.6. The molecule has 0 saturated heterocycles. The standard InChI is InChI=1S/C22H30N2O2S.CO2/c1-3-4-5-6-7-12-17-23-22-18-13-8-10-15-20(18)24(2)27(25,26)21-16-11-9-14-19(21)22;2-1-3/h8-11,13-16,22-23H,3-7,12,17H2,1-2H3;. The summed E-state index contributed by atoms with van der Waals surface area (Å²) in [7, 11) is -1.92. The number of carbonyl (C=O) groups excluding carboxylic acids is 2. The van der Waals surface area contributed by atoms with Gasteiger partial charge in [0.05, 0.1) is 16.6 Å². The van der Waals surface area contributed by atoms with Crippen molar-refractivity contribution in [2.75, 3.05) is 17.9 Å². The van der Waals surface area contributed by atoms with Gasteiger partial charge >= 0.3 is 6.15 Å². The molecule has 1 aliphatic heterocycles. The normalized spacial score (nSPS) is 16.3. The lowest BCUT2D eigenvalue weighted by molar-refractivity contribution is -0.191. The lowest BCUT2D eigenvalue weighted by Gasteiger charge is -2.22. The highest BCUT2D eigenvalue weighted by atomic mass is 32.2. The van der Waals surface area contributed by atoms with Gasteiger partial charge < -0.3 is 5.32 Å². The highest BCUT2D eigenvalue weighted by molar-refractivity contribution is 7.92. The number of para-hydroxylation sites is 1. The van der Waals surface area contributed by atoms with Crippen LogP contribution in [0.5, 0.6) is 0 Å². The molecule has 7 heteroatoms. The molecule has 0 saturated carbocycles. The summed E-state index contributed by atoms with van der Waals surface area (Å²) in [5, 5.41) is 3.63. The molecule has 1 atom stereocenters. The average Bonchev–Trinajstić information content (AvgIpc) is 2.82. The number of rotatable bonds is 8. The van der Waals surface area contributed by atoms with E-state index in [0.29, 0.717) is 4.90 Å². The Bertz CT molecular complexity index is 953. The second kappa shape index (κ2) is 11.6. The molecule has 2 aromatic carbocycles. The first-order chi connectivity index (χ1) is 14.5. The second-order valence-corrected chi connectivity index (χ2v) is 9.25. The molecule has 30 heavy (non-hydrogen) atoms. The summed E-state index contributed by atoms with van der Waals surface area (Å²) in [6.07, 6.45) is 7.70. The van der Waals surface area contributed by atoms with E-state index in [9.17, 15) is 8.42 Å². The molecule has 162 valence electrons. The number of fused-ring (bicyclic) bond motifs is 2. The maximum Gasteiger partial charge on any atom is 0.373 e. The number of sulfonamides is 1. The summed E-state index contributed by atoms with van der Waals surface area (Å²) in [6.45, 7) is 3.11. The lowest BCUT2D eigenvalue weighted by atomic mass is 9.96. The molecule has 0 fully saturated rings. The maximum absolute atomic E-state index is 13.1. The van der Waals surface area contributed by atoms with Crippen LogP contribution in [0.1, 0.15) is 62.6 Å². The van der Waals surface area contributed by atoms with Crippen molar-refractivity contribution < 1.29 is 18.0 Å². The van der Waals surface area contributed by atoms with Crippen LogP contribution in [0.4, 0.5) is 5.69 Å². The molecule has 0 aliphatic carbocycles. The van der Waals surface area contributed by atoms with Gasteiger partial charge in [-0.2, -0.15) is 9.59 Å². The minimum Gasteiger partial charge on any atom is -0.306 e. The number of unbranched alkanes of at least 4 members (excludes halogenated alkanes) is 5. The third kappa shape index (κ3) is 5.57. The molecule has 1 heterocycles. The zero-order valence-corrected chi connectivity index (χ0v) is 18.5. The molecule has 0 amide bonds. The molecule has 0 aromatic heterocycles. The number of hydrogen-bond acceptors (Lipinski definition) is 5. The van der Waals surface area contributed by atoms with Crippen molar-refractivity contribution in [1.29, 1.82) is 0 Å². The highest BCUT2D eigenvalue weighted by Crippen LogP contribution is 2.39.